The van der Waals surface area contributed by atoms with Gasteiger partial charge in [-0.3, -0.25) is 0 Å². The van der Waals surface area contributed by atoms with Crippen molar-refractivity contribution in [2.45, 2.75) is 49.6 Å². The Labute approximate surface area is 151 Å². The van der Waals surface area contributed by atoms with Crippen LogP contribution in [-0.4, -0.2) is 25.5 Å². The van der Waals surface area contributed by atoms with Crippen LogP contribution in [0, 0.1) is 18.6 Å². The number of hydrogen-bond donors (Lipinski definition) is 1. The van der Waals surface area contributed by atoms with Gasteiger partial charge in [-0.25, -0.2) is 26.9 Å². The van der Waals surface area contributed by atoms with Crippen LogP contribution >= 0.6 is 0 Å². The molecule has 3 rings (SSSR count). The number of aryl methyl sites for hydroxylation is 1. The Bertz CT molecular complexity index is 844. The fourth-order valence-corrected chi connectivity index (χ4v) is 4.31. The molecule has 1 saturated carbocycles. The number of nitrogens with zero attached hydrogens (tertiary/aromatic N) is 1. The Morgan fingerprint density at radius 1 is 1.08 bits per heavy atom. The second-order valence-electron chi connectivity index (χ2n) is 6.49. The standard InChI is InChI=1S/C18H20F2N2O3S/c1-12-2-7-18(21-11-12)25-16-5-3-15(4-6-16)22-26(23,24)17-9-13(19)8-14(20)10-17/h2,7-11,15-16,22H,3-6H2,1H3. The molecule has 0 saturated heterocycles. The van der Waals surface area contributed by atoms with Crippen LogP contribution in [0.15, 0.2) is 41.4 Å². The highest BCUT2D eigenvalue weighted by molar-refractivity contribution is 7.89. The first-order chi connectivity index (χ1) is 12.3. The monoisotopic (exact) mass is 382 g/mol. The summed E-state index contributed by atoms with van der Waals surface area (Å²) >= 11 is 0. The molecule has 1 aliphatic carbocycles. The van der Waals surface area contributed by atoms with Gasteiger partial charge >= 0.3 is 0 Å². The number of pyridine rings is 1. The van der Waals surface area contributed by atoms with Crippen LogP contribution < -0.4 is 9.46 Å². The Morgan fingerprint density at radius 3 is 2.31 bits per heavy atom. The molecule has 1 aromatic heterocycles. The molecule has 0 bridgehead atoms. The smallest absolute Gasteiger partial charge is 0.241 e. The van der Waals surface area contributed by atoms with E-state index in [2.05, 4.69) is 9.71 Å². The van der Waals surface area contributed by atoms with Gasteiger partial charge in [0.25, 0.3) is 0 Å². The van der Waals surface area contributed by atoms with Crippen LogP contribution in [0.2, 0.25) is 0 Å². The maximum Gasteiger partial charge on any atom is 0.241 e. The van der Waals surface area contributed by atoms with Gasteiger partial charge < -0.3 is 4.74 Å². The van der Waals surface area contributed by atoms with Gasteiger partial charge in [0.2, 0.25) is 15.9 Å². The minimum atomic E-state index is -3.97. The van der Waals surface area contributed by atoms with Crippen molar-refractivity contribution in [1.82, 2.24) is 9.71 Å². The lowest BCUT2D eigenvalue weighted by Crippen LogP contribution is -2.39. The fourth-order valence-electron chi connectivity index (χ4n) is 2.96. The van der Waals surface area contributed by atoms with E-state index < -0.39 is 26.6 Å². The summed E-state index contributed by atoms with van der Waals surface area (Å²) in [5, 5.41) is 0. The van der Waals surface area contributed by atoms with E-state index >= 15 is 0 Å². The first-order valence-electron chi connectivity index (χ1n) is 8.39. The van der Waals surface area contributed by atoms with Gasteiger partial charge in [0, 0.05) is 24.4 Å². The summed E-state index contributed by atoms with van der Waals surface area (Å²) in [6.07, 6.45) is 4.19. The average molecular weight is 382 g/mol. The van der Waals surface area contributed by atoms with Crippen LogP contribution in [-0.2, 0) is 10.0 Å². The number of ether oxygens (including phenoxy) is 1. The van der Waals surface area contributed by atoms with Crippen molar-refractivity contribution in [1.29, 1.82) is 0 Å². The topological polar surface area (TPSA) is 68.3 Å². The van der Waals surface area contributed by atoms with Crippen LogP contribution in [0.1, 0.15) is 31.2 Å². The molecule has 8 heteroatoms. The van der Waals surface area contributed by atoms with Crippen LogP contribution in [0.5, 0.6) is 5.88 Å². The van der Waals surface area contributed by atoms with Crippen molar-refractivity contribution < 1.29 is 21.9 Å². The molecule has 0 spiro atoms. The molecule has 140 valence electrons. The lowest BCUT2D eigenvalue weighted by Gasteiger charge is -2.29. The zero-order chi connectivity index (χ0) is 18.7. The lowest BCUT2D eigenvalue weighted by atomic mass is 9.94. The Hall–Kier alpha value is -2.06. The summed E-state index contributed by atoms with van der Waals surface area (Å²) in [7, 11) is -3.97. The number of benzene rings is 1. The number of hydrogen-bond acceptors (Lipinski definition) is 4. The van der Waals surface area contributed by atoms with E-state index in [1.807, 2.05) is 19.1 Å². The van der Waals surface area contributed by atoms with E-state index in [1.54, 1.807) is 6.20 Å². The third-order valence-electron chi connectivity index (χ3n) is 4.31. The largest absolute Gasteiger partial charge is 0.474 e. The average Bonchev–Trinajstić information content (AvgIpc) is 2.58. The molecule has 1 fully saturated rings. The third-order valence-corrected chi connectivity index (χ3v) is 5.81. The number of aromatic nitrogens is 1. The zero-order valence-electron chi connectivity index (χ0n) is 14.3. The molecule has 26 heavy (non-hydrogen) atoms. The third kappa shape index (κ3) is 4.76. The highest BCUT2D eigenvalue weighted by Crippen LogP contribution is 2.24. The van der Waals surface area contributed by atoms with Crippen LogP contribution in [0.3, 0.4) is 0 Å². The molecule has 0 aliphatic heterocycles. The van der Waals surface area contributed by atoms with Gasteiger partial charge in [0.05, 0.1) is 4.90 Å². The van der Waals surface area contributed by atoms with Crippen molar-refractivity contribution in [2.24, 2.45) is 0 Å². The van der Waals surface area contributed by atoms with Gasteiger partial charge in [-0.1, -0.05) is 6.07 Å². The van der Waals surface area contributed by atoms with Gasteiger partial charge in [-0.05, 0) is 50.3 Å². The van der Waals surface area contributed by atoms with E-state index in [-0.39, 0.29) is 12.1 Å². The Kier molecular flexibility index (Phi) is 5.52. The molecule has 0 radical (unpaired) electrons. The van der Waals surface area contributed by atoms with Crippen molar-refractivity contribution in [2.75, 3.05) is 0 Å². The van der Waals surface area contributed by atoms with Crippen LogP contribution in [0.4, 0.5) is 8.78 Å². The van der Waals surface area contributed by atoms with Gasteiger partial charge in [0.1, 0.15) is 17.7 Å². The van der Waals surface area contributed by atoms with Gasteiger partial charge in [-0.2, -0.15) is 0 Å². The number of sulfonamides is 1. The SMILES string of the molecule is Cc1ccc(OC2CCC(NS(=O)(=O)c3cc(F)cc(F)c3)CC2)nc1. The van der Waals surface area contributed by atoms with E-state index in [1.165, 1.54) is 0 Å². The fraction of sp³-hybridized carbons (Fsp3) is 0.389. The van der Waals surface area contributed by atoms with E-state index in [4.69, 9.17) is 4.74 Å². The zero-order valence-corrected chi connectivity index (χ0v) is 15.1. The first-order valence-corrected chi connectivity index (χ1v) is 9.88. The Balaban J connectivity index is 1.57. The highest BCUT2D eigenvalue weighted by atomic mass is 32.2. The summed E-state index contributed by atoms with van der Waals surface area (Å²) in [6, 6.07) is 5.69. The highest BCUT2D eigenvalue weighted by Gasteiger charge is 2.27. The van der Waals surface area contributed by atoms with Crippen molar-refractivity contribution in [3.63, 3.8) is 0 Å². The molecule has 1 N–H and O–H groups in total. The molecule has 5 nitrogen and oxygen atoms in total. The van der Waals surface area contributed by atoms with E-state index in [9.17, 15) is 17.2 Å². The van der Waals surface area contributed by atoms with Crippen LogP contribution in [0.25, 0.3) is 0 Å². The first kappa shape index (κ1) is 18.7. The molecule has 1 heterocycles. The van der Waals surface area contributed by atoms with Gasteiger partial charge in [0.15, 0.2) is 0 Å². The second-order valence-corrected chi connectivity index (χ2v) is 8.21. The predicted molar refractivity (Wildman–Crippen MR) is 92.3 cm³/mol. The summed E-state index contributed by atoms with van der Waals surface area (Å²) in [4.78, 5) is 3.80. The van der Waals surface area contributed by atoms with Crippen molar-refractivity contribution in [3.8, 4) is 5.88 Å². The molecular formula is C18H20F2N2O3S. The van der Waals surface area contributed by atoms with E-state index in [0.717, 1.165) is 17.7 Å². The molecular weight excluding hydrogens is 362 g/mol. The maximum atomic E-state index is 13.3. The van der Waals surface area contributed by atoms with Crippen molar-refractivity contribution >= 4 is 10.0 Å². The molecule has 0 amide bonds. The predicted octanol–water partition coefficient (Wildman–Crippen LogP) is 3.34. The minimum Gasteiger partial charge on any atom is -0.474 e. The second kappa shape index (κ2) is 7.67. The summed E-state index contributed by atoms with van der Waals surface area (Å²) < 4.78 is 59.5. The summed E-state index contributed by atoms with van der Waals surface area (Å²) in [6.45, 7) is 1.94. The minimum absolute atomic E-state index is 0.0300. The number of rotatable bonds is 5. The number of halogens is 2. The van der Waals surface area contributed by atoms with Crippen molar-refractivity contribution in [3.05, 3.63) is 53.7 Å². The molecule has 2 aromatic rings. The Morgan fingerprint density at radius 2 is 1.73 bits per heavy atom. The lowest BCUT2D eigenvalue weighted by molar-refractivity contribution is 0.138. The molecule has 0 unspecified atom stereocenters. The summed E-state index contributed by atoms with van der Waals surface area (Å²) in [5.74, 6) is -1.30. The normalized spacial score (nSPS) is 20.7. The quantitative estimate of drug-likeness (QED) is 0.861. The summed E-state index contributed by atoms with van der Waals surface area (Å²) in [5.41, 5.74) is 1.05. The molecule has 1 aromatic carbocycles. The maximum absolute atomic E-state index is 13.3. The van der Waals surface area contributed by atoms with Gasteiger partial charge in [-0.15, -0.1) is 0 Å². The van der Waals surface area contributed by atoms with E-state index in [0.29, 0.717) is 37.6 Å². The number of nitrogens with one attached hydrogen (secondary N) is 1. The molecule has 1 aliphatic rings. The molecule has 0 atom stereocenters.